The first-order chi connectivity index (χ1) is 31.4. The molecule has 11 aromatic rings. The van der Waals surface area contributed by atoms with Crippen molar-refractivity contribution >= 4 is 57.1 Å². The maximum atomic E-state index is 14.3. The van der Waals surface area contributed by atoms with E-state index in [0.29, 0.717) is 28.1 Å². The first-order valence-electron chi connectivity index (χ1n) is 22.0. The number of nitrogens with zero attached hydrogens (tertiary/aromatic N) is 4. The van der Waals surface area contributed by atoms with Gasteiger partial charge in [0, 0.05) is 64.5 Å². The summed E-state index contributed by atoms with van der Waals surface area (Å²) < 4.78 is 46.7. The first kappa shape index (κ1) is 37.9. The van der Waals surface area contributed by atoms with Crippen LogP contribution in [-0.2, 0) is 20.1 Å². The monoisotopic (exact) mass is 1020 g/mol. The molecule has 11 rings (SSSR count). The second kappa shape index (κ2) is 17.1. The van der Waals surface area contributed by atoms with E-state index in [1.807, 2.05) is 60.7 Å². The van der Waals surface area contributed by atoms with Crippen LogP contribution in [0.25, 0.3) is 94.5 Å². The van der Waals surface area contributed by atoms with Gasteiger partial charge in [-0.3, -0.25) is 9.37 Å². The van der Waals surface area contributed by atoms with Crippen LogP contribution in [-0.4, -0.2) is 27.6 Å². The molecule has 1 radical (unpaired) electrons. The quantitative estimate of drug-likeness (QED) is 0.123. The van der Waals surface area contributed by atoms with E-state index in [4.69, 9.17) is 13.5 Å². The van der Waals surface area contributed by atoms with Crippen molar-refractivity contribution in [3.05, 3.63) is 200 Å². The van der Waals surface area contributed by atoms with Gasteiger partial charge in [-0.25, -0.2) is 4.98 Å². The van der Waals surface area contributed by atoms with Gasteiger partial charge >= 0.3 is 0 Å². The molecule has 4 aromatic heterocycles. The van der Waals surface area contributed by atoms with E-state index in [1.165, 1.54) is 6.07 Å². The van der Waals surface area contributed by atoms with Crippen LogP contribution in [0.15, 0.2) is 181 Å². The van der Waals surface area contributed by atoms with Crippen molar-refractivity contribution in [3.8, 4) is 50.6 Å². The number of para-hydroxylation sites is 1. The molecule has 7 aromatic carbocycles. The molecule has 0 aliphatic carbocycles. The molecule has 0 aliphatic rings. The molecule has 0 N–H and O–H groups in total. The molecule has 309 valence electrons. The van der Waals surface area contributed by atoms with Gasteiger partial charge in [-0.05, 0) is 58.5 Å². The third kappa shape index (κ3) is 7.82. The molecular formula is C55H41FIrN4OSi-2. The van der Waals surface area contributed by atoms with Gasteiger partial charge in [0.25, 0.3) is 0 Å². The minimum atomic E-state index is -2.23. The van der Waals surface area contributed by atoms with Crippen LogP contribution in [0.3, 0.4) is 0 Å². The summed E-state index contributed by atoms with van der Waals surface area (Å²) in [5, 5.41) is 5.07. The molecule has 0 saturated heterocycles. The summed E-state index contributed by atoms with van der Waals surface area (Å²) in [4.78, 5) is 14.2. The van der Waals surface area contributed by atoms with Crippen LogP contribution in [0.2, 0.25) is 19.6 Å². The number of pyridine rings is 2. The van der Waals surface area contributed by atoms with Crippen molar-refractivity contribution in [3.63, 3.8) is 0 Å². The van der Waals surface area contributed by atoms with E-state index >= 15 is 0 Å². The van der Waals surface area contributed by atoms with Crippen molar-refractivity contribution in [2.45, 2.75) is 26.5 Å². The van der Waals surface area contributed by atoms with E-state index in [1.54, 1.807) is 24.5 Å². The van der Waals surface area contributed by atoms with Crippen LogP contribution >= 0.6 is 0 Å². The number of aryl methyl sites for hydroxylation is 1. The Morgan fingerprint density at radius 1 is 0.698 bits per heavy atom. The third-order valence-electron chi connectivity index (χ3n) is 11.2. The third-order valence-corrected chi connectivity index (χ3v) is 13.2. The number of benzene rings is 7. The average Bonchev–Trinajstić information content (AvgIpc) is 3.91. The molecule has 0 fully saturated rings. The number of aromatic nitrogens is 4. The zero-order valence-electron chi connectivity index (χ0n) is 37.7. The SMILES string of the molecule is [2H]C([2H])([2H])c1cc(-c2[c-]cc(F)c(-c3ccccc3)c2)ncc1[Si](C)(C)C.[Ir].[c-]1ccc2c(oc3ncccc32)c1-c1nc2c3ccccc3ccc2n1-c1ccccc1-c1ccccc1. The van der Waals surface area contributed by atoms with Crippen LogP contribution in [0.4, 0.5) is 4.39 Å². The number of rotatable bonds is 6. The van der Waals surface area contributed by atoms with Crippen molar-refractivity contribution in [2.75, 3.05) is 0 Å². The molecule has 8 heteroatoms. The normalized spacial score (nSPS) is 12.3. The number of imidazole rings is 1. The predicted molar refractivity (Wildman–Crippen MR) is 255 cm³/mol. The summed E-state index contributed by atoms with van der Waals surface area (Å²) in [6.07, 6.45) is 3.42. The van der Waals surface area contributed by atoms with Crippen molar-refractivity contribution in [2.24, 2.45) is 0 Å². The Balaban J connectivity index is 0.000000174. The maximum Gasteiger partial charge on any atom is 0.216 e. The summed E-state index contributed by atoms with van der Waals surface area (Å²) in [5.41, 5.74) is 10.0. The van der Waals surface area contributed by atoms with Crippen LogP contribution in [0.5, 0.6) is 0 Å². The maximum absolute atomic E-state index is 14.3. The van der Waals surface area contributed by atoms with Crippen LogP contribution in [0, 0.1) is 24.8 Å². The first-order valence-corrected chi connectivity index (χ1v) is 24.0. The average molecular weight is 1020 g/mol. The Labute approximate surface area is 384 Å². The Morgan fingerprint density at radius 2 is 1.41 bits per heavy atom. The van der Waals surface area contributed by atoms with Gasteiger partial charge in [0.05, 0.1) is 30.5 Å². The standard InChI is InChI=1S/C34H20N3O.C21H21FNSi.Ir/c1-2-10-22(11-3-1)24-13-6-7-18-29(24)37-30-20-19-23-12-4-5-14-25(23)31(30)36-33(37)28-16-8-15-26-27-17-9-21-35-34(27)38-32(26)28;1-15-12-20(23-14-21(15)24(2,3)4)17-10-11-19(22)18(13-17)16-8-6-5-7-9-16;/h1-15,17-21H;5-9,11-14H,1-4H3;/q2*-1;/i;1D3;. The fraction of sp³-hybridized carbons (Fsp3) is 0.0727. The minimum Gasteiger partial charge on any atom is -0.486 e. The summed E-state index contributed by atoms with van der Waals surface area (Å²) in [7, 11) is -1.88. The number of hydrogen-bond acceptors (Lipinski definition) is 4. The van der Waals surface area contributed by atoms with Gasteiger partial charge in [-0.15, -0.1) is 42.0 Å². The zero-order chi connectivity index (χ0) is 44.9. The van der Waals surface area contributed by atoms with E-state index in [0.717, 1.165) is 77.1 Å². The zero-order valence-corrected chi connectivity index (χ0v) is 38.0. The molecule has 63 heavy (non-hydrogen) atoms. The van der Waals surface area contributed by atoms with Gasteiger partial charge in [-0.1, -0.05) is 157 Å². The van der Waals surface area contributed by atoms with Gasteiger partial charge in [0.15, 0.2) is 0 Å². The fourth-order valence-corrected chi connectivity index (χ4v) is 9.49. The molecule has 0 amide bonds. The Kier molecular flexibility index (Phi) is 10.3. The summed E-state index contributed by atoms with van der Waals surface area (Å²) >= 11 is 0. The van der Waals surface area contributed by atoms with E-state index in [9.17, 15) is 4.39 Å². The molecule has 0 atom stereocenters. The number of halogens is 1. The van der Waals surface area contributed by atoms with Crippen LogP contribution in [0.1, 0.15) is 9.68 Å². The smallest absolute Gasteiger partial charge is 0.216 e. The molecule has 0 bridgehead atoms. The van der Waals surface area contributed by atoms with Gasteiger partial charge in [-0.2, -0.15) is 0 Å². The van der Waals surface area contributed by atoms with Crippen LogP contribution < -0.4 is 5.19 Å². The second-order valence-electron chi connectivity index (χ2n) is 16.2. The molecule has 0 saturated carbocycles. The van der Waals surface area contributed by atoms with Gasteiger partial charge in [0.2, 0.25) is 5.71 Å². The van der Waals surface area contributed by atoms with E-state index in [2.05, 4.69) is 131 Å². The number of furan rings is 1. The van der Waals surface area contributed by atoms with Gasteiger partial charge in [0.1, 0.15) is 0 Å². The predicted octanol–water partition coefficient (Wildman–Crippen LogP) is 13.8. The largest absolute Gasteiger partial charge is 0.486 e. The van der Waals surface area contributed by atoms with Gasteiger partial charge < -0.3 is 14.0 Å². The molecule has 0 aliphatic heterocycles. The topological polar surface area (TPSA) is 56.7 Å². The number of hydrogen-bond donors (Lipinski definition) is 0. The van der Waals surface area contributed by atoms with Crippen molar-refractivity contribution in [1.29, 1.82) is 0 Å². The van der Waals surface area contributed by atoms with Crippen molar-refractivity contribution in [1.82, 2.24) is 19.5 Å². The summed E-state index contributed by atoms with van der Waals surface area (Å²) in [5.74, 6) is 0.407. The minimum absolute atomic E-state index is 0. The molecule has 0 unspecified atom stereocenters. The van der Waals surface area contributed by atoms with Crippen molar-refractivity contribution < 1.29 is 33.0 Å². The molecule has 5 nitrogen and oxygen atoms in total. The Bertz CT molecular complexity index is 3550. The second-order valence-corrected chi connectivity index (χ2v) is 21.2. The molecule has 0 spiro atoms. The van der Waals surface area contributed by atoms with E-state index in [-0.39, 0.29) is 25.9 Å². The summed E-state index contributed by atoms with van der Waals surface area (Å²) in [6.45, 7) is 4.05. The number of fused-ring (bicyclic) bond motifs is 6. The Hall–Kier alpha value is -6.83. The Morgan fingerprint density at radius 3 is 2.19 bits per heavy atom. The van der Waals surface area contributed by atoms with E-state index < -0.39 is 14.9 Å². The molecular weight excluding hydrogens is 972 g/mol. The summed E-state index contributed by atoms with van der Waals surface area (Å²) in [6, 6.07) is 59.8. The molecule has 4 heterocycles. The fourth-order valence-electron chi connectivity index (χ4n) is 8.16.